The minimum absolute atomic E-state index is 0.254. The number of amides is 1. The molecule has 134 valence electrons. The Bertz CT molecular complexity index is 875. The van der Waals surface area contributed by atoms with E-state index in [0.717, 1.165) is 16.8 Å². The van der Waals surface area contributed by atoms with Crippen LogP contribution in [0.25, 0.3) is 5.69 Å². The molecule has 1 heterocycles. The van der Waals surface area contributed by atoms with E-state index >= 15 is 0 Å². The van der Waals surface area contributed by atoms with E-state index in [4.69, 9.17) is 9.47 Å². The molecular weight excluding hydrogens is 330 g/mol. The molecule has 6 heteroatoms. The number of benzene rings is 2. The smallest absolute Gasteiger partial charge is 0.275 e. The highest BCUT2D eigenvalue weighted by Gasteiger charge is 2.18. The standard InChI is InChI=1S/C20H21N3O3/c1-25-14-16-8-6-7-15(11-16)12-21-20(24)19-18(26-2)13-23(22-19)17-9-4-3-5-10-17/h3-11,13H,12,14H2,1-2H3,(H,21,24). The summed E-state index contributed by atoms with van der Waals surface area (Å²) in [5, 5.41) is 7.26. The number of hydrogen-bond donors (Lipinski definition) is 1. The number of methoxy groups -OCH3 is 2. The van der Waals surface area contributed by atoms with Crippen molar-refractivity contribution in [2.45, 2.75) is 13.2 Å². The van der Waals surface area contributed by atoms with E-state index in [-0.39, 0.29) is 11.6 Å². The van der Waals surface area contributed by atoms with Gasteiger partial charge in [0.15, 0.2) is 11.4 Å². The van der Waals surface area contributed by atoms with Gasteiger partial charge < -0.3 is 14.8 Å². The molecule has 0 bridgehead atoms. The average molecular weight is 351 g/mol. The normalized spacial score (nSPS) is 10.5. The fourth-order valence-electron chi connectivity index (χ4n) is 2.64. The third kappa shape index (κ3) is 4.10. The van der Waals surface area contributed by atoms with Crippen LogP contribution in [0.1, 0.15) is 21.6 Å². The molecule has 0 spiro atoms. The third-order valence-electron chi connectivity index (χ3n) is 3.89. The van der Waals surface area contributed by atoms with Gasteiger partial charge in [-0.2, -0.15) is 5.10 Å². The summed E-state index contributed by atoms with van der Waals surface area (Å²) in [6.07, 6.45) is 1.70. The van der Waals surface area contributed by atoms with Crippen LogP contribution in [0.5, 0.6) is 5.75 Å². The summed E-state index contributed by atoms with van der Waals surface area (Å²) in [5.74, 6) is 0.146. The summed E-state index contributed by atoms with van der Waals surface area (Å²) in [7, 11) is 3.18. The molecule has 3 rings (SSSR count). The van der Waals surface area contributed by atoms with Gasteiger partial charge in [0.05, 0.1) is 25.6 Å². The predicted molar refractivity (Wildman–Crippen MR) is 98.4 cm³/mol. The molecule has 6 nitrogen and oxygen atoms in total. The lowest BCUT2D eigenvalue weighted by Gasteiger charge is -2.07. The maximum absolute atomic E-state index is 12.6. The second-order valence-electron chi connectivity index (χ2n) is 5.76. The van der Waals surface area contributed by atoms with Crippen LogP contribution in [0.4, 0.5) is 0 Å². The van der Waals surface area contributed by atoms with Crippen molar-refractivity contribution in [3.63, 3.8) is 0 Å². The quantitative estimate of drug-likeness (QED) is 0.711. The predicted octanol–water partition coefficient (Wildman–Crippen LogP) is 2.96. The molecule has 26 heavy (non-hydrogen) atoms. The molecule has 1 amide bonds. The van der Waals surface area contributed by atoms with Crippen molar-refractivity contribution in [2.75, 3.05) is 14.2 Å². The van der Waals surface area contributed by atoms with Gasteiger partial charge in [0.25, 0.3) is 5.91 Å². The number of para-hydroxylation sites is 1. The lowest BCUT2D eigenvalue weighted by atomic mass is 10.1. The van der Waals surface area contributed by atoms with Crippen LogP contribution < -0.4 is 10.1 Å². The minimum Gasteiger partial charge on any atom is -0.493 e. The van der Waals surface area contributed by atoms with Crippen LogP contribution in [-0.2, 0) is 17.9 Å². The second kappa shape index (κ2) is 8.31. The molecule has 3 aromatic rings. The van der Waals surface area contributed by atoms with E-state index in [1.54, 1.807) is 18.0 Å². The average Bonchev–Trinajstić information content (AvgIpc) is 3.12. The molecular formula is C20H21N3O3. The van der Waals surface area contributed by atoms with E-state index in [1.165, 1.54) is 7.11 Å². The van der Waals surface area contributed by atoms with Crippen LogP contribution >= 0.6 is 0 Å². The van der Waals surface area contributed by atoms with Gasteiger partial charge in [-0.1, -0.05) is 42.5 Å². The third-order valence-corrected chi connectivity index (χ3v) is 3.89. The number of ether oxygens (including phenoxy) is 2. The summed E-state index contributed by atoms with van der Waals surface area (Å²) in [5.41, 5.74) is 3.17. The molecule has 0 aliphatic carbocycles. The van der Waals surface area contributed by atoms with Crippen LogP contribution in [0.2, 0.25) is 0 Å². The maximum atomic E-state index is 12.6. The van der Waals surface area contributed by atoms with Crippen molar-refractivity contribution in [2.24, 2.45) is 0 Å². The zero-order valence-electron chi connectivity index (χ0n) is 14.8. The molecule has 0 aliphatic rings. The van der Waals surface area contributed by atoms with Gasteiger partial charge in [-0.3, -0.25) is 4.79 Å². The lowest BCUT2D eigenvalue weighted by Crippen LogP contribution is -2.24. The molecule has 1 N–H and O–H groups in total. The van der Waals surface area contributed by atoms with Crippen molar-refractivity contribution < 1.29 is 14.3 Å². The molecule has 1 aromatic heterocycles. The zero-order chi connectivity index (χ0) is 18.4. The maximum Gasteiger partial charge on any atom is 0.275 e. The Morgan fingerprint density at radius 1 is 1.08 bits per heavy atom. The Kier molecular flexibility index (Phi) is 5.66. The Morgan fingerprint density at radius 3 is 2.58 bits per heavy atom. The summed E-state index contributed by atoms with van der Waals surface area (Å²) in [6.45, 7) is 0.939. The topological polar surface area (TPSA) is 65.4 Å². The van der Waals surface area contributed by atoms with Gasteiger partial charge >= 0.3 is 0 Å². The highest BCUT2D eigenvalue weighted by atomic mass is 16.5. The highest BCUT2D eigenvalue weighted by molar-refractivity contribution is 5.94. The first-order chi connectivity index (χ1) is 12.7. The Morgan fingerprint density at radius 2 is 1.85 bits per heavy atom. The molecule has 2 aromatic carbocycles. The van der Waals surface area contributed by atoms with Gasteiger partial charge in [0, 0.05) is 13.7 Å². The SMILES string of the molecule is COCc1cccc(CNC(=O)c2nn(-c3ccccc3)cc2OC)c1. The van der Waals surface area contributed by atoms with Crippen LogP contribution in [0, 0.1) is 0 Å². The van der Waals surface area contributed by atoms with E-state index in [0.29, 0.717) is 18.9 Å². The molecule has 0 saturated heterocycles. The fraction of sp³-hybridized carbons (Fsp3) is 0.200. The molecule has 0 atom stereocenters. The number of nitrogens with zero attached hydrogens (tertiary/aromatic N) is 2. The number of hydrogen-bond acceptors (Lipinski definition) is 4. The van der Waals surface area contributed by atoms with E-state index in [9.17, 15) is 4.79 Å². The van der Waals surface area contributed by atoms with Crippen LogP contribution in [-0.4, -0.2) is 29.9 Å². The first kappa shape index (κ1) is 17.7. The second-order valence-corrected chi connectivity index (χ2v) is 5.76. The van der Waals surface area contributed by atoms with Gasteiger partial charge in [-0.15, -0.1) is 0 Å². The van der Waals surface area contributed by atoms with E-state index in [1.807, 2.05) is 54.6 Å². The first-order valence-corrected chi connectivity index (χ1v) is 8.25. The van der Waals surface area contributed by atoms with Crippen molar-refractivity contribution in [1.82, 2.24) is 15.1 Å². The molecule has 0 radical (unpaired) electrons. The van der Waals surface area contributed by atoms with Gasteiger partial charge in [0.2, 0.25) is 0 Å². The van der Waals surface area contributed by atoms with Crippen LogP contribution in [0.3, 0.4) is 0 Å². The Hall–Kier alpha value is -3.12. The van der Waals surface area contributed by atoms with Gasteiger partial charge in [-0.25, -0.2) is 4.68 Å². The Labute approximate surface area is 152 Å². The summed E-state index contributed by atoms with van der Waals surface area (Å²) < 4.78 is 12.1. The number of rotatable bonds is 7. The summed E-state index contributed by atoms with van der Waals surface area (Å²) in [4.78, 5) is 12.6. The summed E-state index contributed by atoms with van der Waals surface area (Å²) in [6, 6.07) is 17.5. The monoisotopic (exact) mass is 351 g/mol. The molecule has 0 aliphatic heterocycles. The lowest BCUT2D eigenvalue weighted by molar-refractivity contribution is 0.0942. The number of nitrogens with one attached hydrogen (secondary N) is 1. The highest BCUT2D eigenvalue weighted by Crippen LogP contribution is 2.19. The Balaban J connectivity index is 1.73. The first-order valence-electron chi connectivity index (χ1n) is 8.25. The largest absolute Gasteiger partial charge is 0.493 e. The van der Waals surface area contributed by atoms with Crippen LogP contribution in [0.15, 0.2) is 60.8 Å². The minimum atomic E-state index is -0.284. The van der Waals surface area contributed by atoms with E-state index < -0.39 is 0 Å². The number of carbonyl (C=O) groups excluding carboxylic acids is 1. The van der Waals surface area contributed by atoms with Crippen molar-refractivity contribution in [1.29, 1.82) is 0 Å². The van der Waals surface area contributed by atoms with Gasteiger partial charge in [-0.05, 0) is 23.3 Å². The number of aromatic nitrogens is 2. The molecule has 0 saturated carbocycles. The summed E-state index contributed by atoms with van der Waals surface area (Å²) >= 11 is 0. The van der Waals surface area contributed by atoms with Crippen molar-refractivity contribution in [3.05, 3.63) is 77.6 Å². The van der Waals surface area contributed by atoms with E-state index in [2.05, 4.69) is 10.4 Å². The van der Waals surface area contributed by atoms with Crippen molar-refractivity contribution in [3.8, 4) is 11.4 Å². The molecule has 0 fully saturated rings. The zero-order valence-corrected chi connectivity index (χ0v) is 14.8. The molecule has 0 unspecified atom stereocenters. The number of carbonyl (C=O) groups is 1. The van der Waals surface area contributed by atoms with Crippen molar-refractivity contribution >= 4 is 5.91 Å². The van der Waals surface area contributed by atoms with Gasteiger partial charge in [0.1, 0.15) is 0 Å². The fourth-order valence-corrected chi connectivity index (χ4v) is 2.64.